The Morgan fingerprint density at radius 1 is 1.23 bits per heavy atom. The van der Waals surface area contributed by atoms with Crippen LogP contribution in [-0.4, -0.2) is 55.7 Å². The number of anilines is 2. The van der Waals surface area contributed by atoms with E-state index in [9.17, 15) is 0 Å². The molecule has 5 rings (SSSR count). The standard InChI is InChI=1S/C23H27ClN6/c1-25-27-22(30-9-8-28(2)14-17-10-19(24)5-6-21(17)30)18-11-23(12-18)15-29(16-23)20-4-3-7-26-13-20/h3-7,10,13,18H,1,8-9,11-12,14-16H2,2H3/b27-22-. The lowest BCUT2D eigenvalue weighted by Crippen LogP contribution is -2.64. The van der Waals surface area contributed by atoms with Crippen LogP contribution < -0.4 is 9.80 Å². The first-order valence-electron chi connectivity index (χ1n) is 10.5. The summed E-state index contributed by atoms with van der Waals surface area (Å²) < 4.78 is 0. The van der Waals surface area contributed by atoms with Crippen LogP contribution in [0.1, 0.15) is 18.4 Å². The highest BCUT2D eigenvalue weighted by molar-refractivity contribution is 6.30. The molecule has 1 aliphatic carbocycles. The molecule has 0 atom stereocenters. The number of nitrogens with zero attached hydrogens (tertiary/aromatic N) is 6. The molecule has 156 valence electrons. The monoisotopic (exact) mass is 422 g/mol. The van der Waals surface area contributed by atoms with Gasteiger partial charge in [-0.2, -0.15) is 5.10 Å². The Morgan fingerprint density at radius 3 is 2.80 bits per heavy atom. The van der Waals surface area contributed by atoms with Crippen LogP contribution in [0.2, 0.25) is 5.02 Å². The van der Waals surface area contributed by atoms with Gasteiger partial charge in [0.2, 0.25) is 0 Å². The van der Waals surface area contributed by atoms with E-state index in [1.807, 2.05) is 24.5 Å². The third-order valence-corrected chi connectivity index (χ3v) is 6.95. The summed E-state index contributed by atoms with van der Waals surface area (Å²) in [4.78, 5) is 11.3. The van der Waals surface area contributed by atoms with Gasteiger partial charge in [0.25, 0.3) is 0 Å². The Bertz CT molecular complexity index is 961. The highest BCUT2D eigenvalue weighted by atomic mass is 35.5. The highest BCUT2D eigenvalue weighted by Crippen LogP contribution is 2.54. The molecule has 2 aromatic rings. The van der Waals surface area contributed by atoms with Crippen molar-refractivity contribution in [3.63, 3.8) is 0 Å². The van der Waals surface area contributed by atoms with E-state index in [1.165, 1.54) is 16.9 Å². The van der Waals surface area contributed by atoms with Crippen molar-refractivity contribution in [1.29, 1.82) is 0 Å². The van der Waals surface area contributed by atoms with Crippen LogP contribution in [0.25, 0.3) is 0 Å². The van der Waals surface area contributed by atoms with Crippen LogP contribution in [0.3, 0.4) is 0 Å². The van der Waals surface area contributed by atoms with Gasteiger partial charge in [-0.3, -0.25) is 4.98 Å². The third-order valence-electron chi connectivity index (χ3n) is 6.72. The van der Waals surface area contributed by atoms with Gasteiger partial charge in [0.15, 0.2) is 0 Å². The number of aromatic nitrogens is 1. The Hall–Kier alpha value is -2.44. The zero-order valence-electron chi connectivity index (χ0n) is 17.3. The molecular weight excluding hydrogens is 396 g/mol. The molecule has 0 radical (unpaired) electrons. The molecule has 1 spiro atoms. The van der Waals surface area contributed by atoms with Crippen LogP contribution in [-0.2, 0) is 6.54 Å². The number of amidine groups is 1. The molecule has 30 heavy (non-hydrogen) atoms. The molecule has 1 aromatic carbocycles. The lowest BCUT2D eigenvalue weighted by Gasteiger charge is -2.60. The second-order valence-electron chi connectivity index (χ2n) is 8.93. The van der Waals surface area contributed by atoms with Crippen LogP contribution >= 0.6 is 11.6 Å². The topological polar surface area (TPSA) is 47.3 Å². The average molecular weight is 423 g/mol. The lowest BCUT2D eigenvalue weighted by atomic mass is 9.57. The summed E-state index contributed by atoms with van der Waals surface area (Å²) in [5.41, 5.74) is 4.04. The summed E-state index contributed by atoms with van der Waals surface area (Å²) in [5.74, 6) is 1.47. The van der Waals surface area contributed by atoms with E-state index in [0.717, 1.165) is 56.4 Å². The smallest absolute Gasteiger partial charge is 0.135 e. The summed E-state index contributed by atoms with van der Waals surface area (Å²) >= 11 is 6.29. The molecule has 0 bridgehead atoms. The second-order valence-corrected chi connectivity index (χ2v) is 9.37. The van der Waals surface area contributed by atoms with E-state index in [-0.39, 0.29) is 0 Å². The van der Waals surface area contributed by atoms with Crippen molar-refractivity contribution in [1.82, 2.24) is 9.88 Å². The molecule has 2 fully saturated rings. The highest BCUT2D eigenvalue weighted by Gasteiger charge is 2.54. The normalized spacial score (nSPS) is 21.6. The fraction of sp³-hybridized carbons (Fsp3) is 0.435. The molecule has 1 saturated heterocycles. The first-order chi connectivity index (χ1) is 14.6. The minimum atomic E-state index is 0.397. The summed E-state index contributed by atoms with van der Waals surface area (Å²) in [6, 6.07) is 10.3. The zero-order chi connectivity index (χ0) is 20.7. The van der Waals surface area contributed by atoms with Crippen LogP contribution in [0, 0.1) is 11.3 Å². The fourth-order valence-electron chi connectivity index (χ4n) is 5.28. The van der Waals surface area contributed by atoms with Crippen LogP contribution in [0.15, 0.2) is 52.9 Å². The molecule has 3 aliphatic rings. The van der Waals surface area contributed by atoms with E-state index in [2.05, 4.69) is 61.9 Å². The van der Waals surface area contributed by atoms with E-state index in [4.69, 9.17) is 11.6 Å². The molecule has 0 N–H and O–H groups in total. The molecule has 1 saturated carbocycles. The predicted octanol–water partition coefficient (Wildman–Crippen LogP) is 3.92. The van der Waals surface area contributed by atoms with E-state index in [1.54, 1.807) is 0 Å². The summed E-state index contributed by atoms with van der Waals surface area (Å²) in [6.45, 7) is 8.59. The Kier molecular flexibility index (Phi) is 4.99. The molecule has 1 aromatic heterocycles. The molecule has 0 amide bonds. The van der Waals surface area contributed by atoms with Crippen LogP contribution in [0.5, 0.6) is 0 Å². The van der Waals surface area contributed by atoms with Crippen molar-refractivity contribution in [2.24, 2.45) is 21.5 Å². The van der Waals surface area contributed by atoms with Gasteiger partial charge in [0, 0.05) is 67.7 Å². The molecule has 6 nitrogen and oxygen atoms in total. The fourth-order valence-corrected chi connectivity index (χ4v) is 5.48. The minimum Gasteiger partial charge on any atom is -0.369 e. The number of hydrogen-bond acceptors (Lipinski definition) is 5. The van der Waals surface area contributed by atoms with Gasteiger partial charge in [-0.1, -0.05) is 11.6 Å². The zero-order valence-corrected chi connectivity index (χ0v) is 18.1. The first-order valence-corrected chi connectivity index (χ1v) is 10.9. The maximum Gasteiger partial charge on any atom is 0.135 e. The van der Waals surface area contributed by atoms with E-state index < -0.39 is 0 Å². The summed E-state index contributed by atoms with van der Waals surface area (Å²) in [5, 5.41) is 9.26. The molecule has 7 heteroatoms. The van der Waals surface area contributed by atoms with Crippen molar-refractivity contribution < 1.29 is 0 Å². The number of likely N-dealkylation sites (N-methyl/N-ethyl adjacent to an activating group) is 1. The Labute approximate surface area is 182 Å². The first kappa shape index (κ1) is 19.5. The SMILES string of the molecule is C=N/N=C(/C1CC2(C1)CN(c1cccnc1)C2)N1CCN(C)Cc2cc(Cl)ccc21. The third kappa shape index (κ3) is 3.48. The lowest BCUT2D eigenvalue weighted by molar-refractivity contribution is 0.0565. The van der Waals surface area contributed by atoms with Gasteiger partial charge < -0.3 is 14.7 Å². The van der Waals surface area contributed by atoms with Gasteiger partial charge >= 0.3 is 0 Å². The Morgan fingerprint density at radius 2 is 2.07 bits per heavy atom. The second kappa shape index (κ2) is 7.67. The van der Waals surface area contributed by atoms with Crippen molar-refractivity contribution >= 4 is 35.5 Å². The minimum absolute atomic E-state index is 0.397. The van der Waals surface area contributed by atoms with Crippen molar-refractivity contribution in [3.8, 4) is 0 Å². The van der Waals surface area contributed by atoms with Crippen LogP contribution in [0.4, 0.5) is 11.4 Å². The predicted molar refractivity (Wildman–Crippen MR) is 124 cm³/mol. The number of hydrogen-bond donors (Lipinski definition) is 0. The van der Waals surface area contributed by atoms with E-state index >= 15 is 0 Å². The number of rotatable bonds is 3. The van der Waals surface area contributed by atoms with Gasteiger partial charge in [-0.15, -0.1) is 5.10 Å². The van der Waals surface area contributed by atoms with Gasteiger partial charge in [0.1, 0.15) is 5.84 Å². The van der Waals surface area contributed by atoms with Gasteiger partial charge in [-0.05, 0) is 55.8 Å². The largest absolute Gasteiger partial charge is 0.369 e. The quantitative estimate of drug-likeness (QED) is 0.427. The van der Waals surface area contributed by atoms with Crippen molar-refractivity contribution in [3.05, 3.63) is 53.3 Å². The molecule has 3 heterocycles. The Balaban J connectivity index is 1.33. The summed E-state index contributed by atoms with van der Waals surface area (Å²) in [7, 11) is 2.15. The summed E-state index contributed by atoms with van der Waals surface area (Å²) in [6.07, 6.45) is 6.07. The van der Waals surface area contributed by atoms with Gasteiger partial charge in [-0.25, -0.2) is 0 Å². The van der Waals surface area contributed by atoms with Gasteiger partial charge in [0.05, 0.1) is 11.9 Å². The van der Waals surface area contributed by atoms with E-state index in [0.29, 0.717) is 11.3 Å². The number of benzene rings is 1. The van der Waals surface area contributed by atoms with Crippen molar-refractivity contribution in [2.75, 3.05) is 43.0 Å². The number of pyridine rings is 1. The maximum absolute atomic E-state index is 6.29. The number of halogens is 1. The van der Waals surface area contributed by atoms with Crippen molar-refractivity contribution in [2.45, 2.75) is 19.4 Å². The average Bonchev–Trinajstić information content (AvgIpc) is 2.83. The molecule has 2 aliphatic heterocycles. The number of fused-ring (bicyclic) bond motifs is 1. The molecular formula is C23H27ClN6. The molecule has 0 unspecified atom stereocenters. The maximum atomic E-state index is 6.29.